The van der Waals surface area contributed by atoms with E-state index in [1.807, 2.05) is 11.6 Å². The van der Waals surface area contributed by atoms with Gasteiger partial charge in [0.25, 0.3) is 0 Å². The normalized spacial score (nSPS) is 13.2. The van der Waals surface area contributed by atoms with Crippen LogP contribution in [0, 0.1) is 5.92 Å². The van der Waals surface area contributed by atoms with Crippen LogP contribution in [0.5, 0.6) is 0 Å². The van der Waals surface area contributed by atoms with Gasteiger partial charge >= 0.3 is 11.9 Å². The van der Waals surface area contributed by atoms with Gasteiger partial charge in [0.05, 0.1) is 18.1 Å². The van der Waals surface area contributed by atoms with Crippen molar-refractivity contribution in [2.45, 2.75) is 39.5 Å². The molecule has 0 aromatic rings. The number of ether oxygens (including phenoxy) is 2. The van der Waals surface area contributed by atoms with Crippen molar-refractivity contribution < 1.29 is 35.9 Å². The van der Waals surface area contributed by atoms with E-state index >= 15 is 0 Å². The Morgan fingerprint density at radius 1 is 1.00 bits per heavy atom. The SMILES string of the molecule is CCCCC(C)COC(=O)COC(=O)CNS(=O)(=O)CCCS(C)(=O)=O. The van der Waals surface area contributed by atoms with Crippen LogP contribution in [0.4, 0.5) is 0 Å². The molecule has 1 N–H and O–H groups in total. The van der Waals surface area contributed by atoms with Gasteiger partial charge in [-0.15, -0.1) is 0 Å². The van der Waals surface area contributed by atoms with E-state index in [0.717, 1.165) is 25.5 Å². The summed E-state index contributed by atoms with van der Waals surface area (Å²) in [6.45, 7) is 3.03. The molecule has 0 rings (SSSR count). The molecule has 0 saturated heterocycles. The molecular formula is C15H29NO8S2. The summed E-state index contributed by atoms with van der Waals surface area (Å²) in [5, 5.41) is 0. The highest BCUT2D eigenvalue weighted by molar-refractivity contribution is 7.91. The van der Waals surface area contributed by atoms with Gasteiger partial charge in [0.1, 0.15) is 16.4 Å². The molecule has 0 aliphatic carbocycles. The highest BCUT2D eigenvalue weighted by Crippen LogP contribution is 2.07. The first-order valence-electron chi connectivity index (χ1n) is 8.41. The van der Waals surface area contributed by atoms with E-state index in [1.165, 1.54) is 0 Å². The fourth-order valence-corrected chi connectivity index (χ4v) is 3.71. The highest BCUT2D eigenvalue weighted by atomic mass is 32.2. The fraction of sp³-hybridized carbons (Fsp3) is 0.867. The van der Waals surface area contributed by atoms with Crippen LogP contribution in [0.1, 0.15) is 39.5 Å². The van der Waals surface area contributed by atoms with Crippen molar-refractivity contribution >= 4 is 31.8 Å². The number of sulfonamides is 1. The Balaban J connectivity index is 3.98. The Kier molecular flexibility index (Phi) is 11.7. The van der Waals surface area contributed by atoms with Crippen molar-refractivity contribution in [3.8, 4) is 0 Å². The maximum atomic E-state index is 11.6. The minimum absolute atomic E-state index is 0.0776. The van der Waals surface area contributed by atoms with Gasteiger partial charge < -0.3 is 9.47 Å². The fourth-order valence-electron chi connectivity index (χ4n) is 1.86. The zero-order valence-corrected chi connectivity index (χ0v) is 17.2. The van der Waals surface area contributed by atoms with E-state index in [9.17, 15) is 26.4 Å². The maximum absolute atomic E-state index is 11.6. The minimum atomic E-state index is -3.80. The lowest BCUT2D eigenvalue weighted by Crippen LogP contribution is -2.33. The second-order valence-electron chi connectivity index (χ2n) is 6.21. The van der Waals surface area contributed by atoms with Gasteiger partial charge in [-0.3, -0.25) is 4.79 Å². The van der Waals surface area contributed by atoms with Crippen molar-refractivity contribution in [3.05, 3.63) is 0 Å². The Morgan fingerprint density at radius 2 is 1.65 bits per heavy atom. The monoisotopic (exact) mass is 415 g/mol. The zero-order chi connectivity index (χ0) is 20.2. The summed E-state index contributed by atoms with van der Waals surface area (Å²) in [5.74, 6) is -2.09. The van der Waals surface area contributed by atoms with Gasteiger partial charge in [0.15, 0.2) is 6.61 Å². The van der Waals surface area contributed by atoms with Crippen LogP contribution >= 0.6 is 0 Å². The molecule has 0 spiro atoms. The molecule has 0 heterocycles. The molecule has 0 saturated carbocycles. The van der Waals surface area contributed by atoms with Crippen LogP contribution in [-0.2, 0) is 38.9 Å². The predicted molar refractivity (Wildman–Crippen MR) is 96.7 cm³/mol. The van der Waals surface area contributed by atoms with E-state index in [2.05, 4.69) is 11.7 Å². The van der Waals surface area contributed by atoms with Crippen LogP contribution in [-0.4, -0.2) is 66.3 Å². The van der Waals surface area contributed by atoms with Crippen LogP contribution in [0.3, 0.4) is 0 Å². The number of hydrogen-bond acceptors (Lipinski definition) is 8. The van der Waals surface area contributed by atoms with Crippen molar-refractivity contribution in [1.29, 1.82) is 0 Å². The molecule has 0 aliphatic rings. The molecule has 11 heteroatoms. The summed E-state index contributed by atoms with van der Waals surface area (Å²) in [6.07, 6.45) is 3.96. The number of sulfone groups is 1. The standard InChI is InChI=1S/C15H29NO8S2/c1-4-5-7-13(2)11-23-15(18)12-24-14(17)10-16-26(21,22)9-6-8-25(3,19)20/h13,16H,4-12H2,1-3H3. The van der Waals surface area contributed by atoms with Crippen LogP contribution in [0.2, 0.25) is 0 Å². The number of nitrogens with one attached hydrogen (secondary N) is 1. The van der Waals surface area contributed by atoms with Crippen LogP contribution < -0.4 is 4.72 Å². The highest BCUT2D eigenvalue weighted by Gasteiger charge is 2.16. The summed E-state index contributed by atoms with van der Waals surface area (Å²) < 4.78 is 56.7. The van der Waals surface area contributed by atoms with Crippen LogP contribution in [0.15, 0.2) is 0 Å². The number of carbonyl (C=O) groups excluding carboxylic acids is 2. The van der Waals surface area contributed by atoms with Crippen LogP contribution in [0.25, 0.3) is 0 Å². The smallest absolute Gasteiger partial charge is 0.344 e. The van der Waals surface area contributed by atoms with Gasteiger partial charge in [-0.05, 0) is 18.8 Å². The first-order valence-corrected chi connectivity index (χ1v) is 12.1. The number of unbranched alkanes of at least 4 members (excludes halogenated alkanes) is 1. The molecule has 26 heavy (non-hydrogen) atoms. The third-order valence-electron chi connectivity index (χ3n) is 3.29. The van der Waals surface area contributed by atoms with E-state index < -0.39 is 50.7 Å². The first kappa shape index (κ1) is 24.8. The number of rotatable bonds is 14. The van der Waals surface area contributed by atoms with Crippen molar-refractivity contribution in [2.75, 3.05) is 37.5 Å². The summed E-state index contributed by atoms with van der Waals surface area (Å²) in [4.78, 5) is 22.9. The van der Waals surface area contributed by atoms with Gasteiger partial charge in [0, 0.05) is 6.26 Å². The summed E-state index contributed by atoms with van der Waals surface area (Å²) in [7, 11) is -7.05. The van der Waals surface area contributed by atoms with Gasteiger partial charge in [-0.25, -0.2) is 26.4 Å². The molecule has 154 valence electrons. The molecule has 0 fully saturated rings. The van der Waals surface area contributed by atoms with Crippen molar-refractivity contribution in [3.63, 3.8) is 0 Å². The minimum Gasteiger partial charge on any atom is -0.463 e. The predicted octanol–water partition coefficient (Wildman–Crippen LogP) is 0.253. The summed E-state index contributed by atoms with van der Waals surface area (Å²) in [6, 6.07) is 0. The third-order valence-corrected chi connectivity index (χ3v) is 5.74. The van der Waals surface area contributed by atoms with E-state index in [-0.39, 0.29) is 24.7 Å². The molecule has 9 nitrogen and oxygen atoms in total. The average Bonchev–Trinajstić information content (AvgIpc) is 2.53. The summed E-state index contributed by atoms with van der Waals surface area (Å²) in [5.41, 5.74) is 0. The van der Waals surface area contributed by atoms with E-state index in [4.69, 9.17) is 4.74 Å². The Labute approximate surface area is 155 Å². The Bertz CT molecular complexity index is 643. The largest absolute Gasteiger partial charge is 0.463 e. The lowest BCUT2D eigenvalue weighted by atomic mass is 10.1. The van der Waals surface area contributed by atoms with Gasteiger partial charge in [-0.1, -0.05) is 26.7 Å². The van der Waals surface area contributed by atoms with Crippen molar-refractivity contribution in [1.82, 2.24) is 4.72 Å². The molecule has 0 bridgehead atoms. The van der Waals surface area contributed by atoms with Gasteiger partial charge in [-0.2, -0.15) is 0 Å². The Hall–Kier alpha value is -1.20. The number of carbonyl (C=O) groups is 2. The van der Waals surface area contributed by atoms with E-state index in [1.54, 1.807) is 0 Å². The molecule has 0 aromatic heterocycles. The molecule has 0 aliphatic heterocycles. The summed E-state index contributed by atoms with van der Waals surface area (Å²) >= 11 is 0. The lowest BCUT2D eigenvalue weighted by Gasteiger charge is -2.11. The zero-order valence-electron chi connectivity index (χ0n) is 15.5. The average molecular weight is 416 g/mol. The Morgan fingerprint density at radius 3 is 2.23 bits per heavy atom. The maximum Gasteiger partial charge on any atom is 0.344 e. The second kappa shape index (κ2) is 12.2. The molecule has 0 aromatic carbocycles. The quantitative estimate of drug-likeness (QED) is 0.399. The lowest BCUT2D eigenvalue weighted by molar-refractivity contribution is -0.158. The van der Waals surface area contributed by atoms with E-state index in [0.29, 0.717) is 0 Å². The molecule has 1 unspecified atom stereocenters. The van der Waals surface area contributed by atoms with Crippen molar-refractivity contribution in [2.24, 2.45) is 5.92 Å². The molecule has 0 radical (unpaired) electrons. The molecule has 1 atom stereocenters. The third kappa shape index (κ3) is 15.1. The first-order chi connectivity index (χ1) is 11.9. The molecular weight excluding hydrogens is 386 g/mol. The van der Waals surface area contributed by atoms with Gasteiger partial charge in [0.2, 0.25) is 10.0 Å². The second-order valence-corrected chi connectivity index (χ2v) is 10.4. The number of esters is 2. The molecule has 0 amide bonds. The topological polar surface area (TPSA) is 133 Å². The number of hydrogen-bond donors (Lipinski definition) is 1.